The Morgan fingerprint density at radius 2 is 1.25 bits per heavy atom. The predicted molar refractivity (Wildman–Crippen MR) is 115 cm³/mol. The summed E-state index contributed by atoms with van der Waals surface area (Å²) in [6.07, 6.45) is 1.64. The zero-order valence-corrected chi connectivity index (χ0v) is 19.8. The summed E-state index contributed by atoms with van der Waals surface area (Å²) in [5.41, 5.74) is 0. The van der Waals surface area contributed by atoms with Gasteiger partial charge in [0.25, 0.3) is 0 Å². The predicted octanol–water partition coefficient (Wildman–Crippen LogP) is 5.25. The summed E-state index contributed by atoms with van der Waals surface area (Å²) in [5, 5.41) is 0. The van der Waals surface area contributed by atoms with Crippen LogP contribution in [0.3, 0.4) is 0 Å². The summed E-state index contributed by atoms with van der Waals surface area (Å²) in [6.45, 7) is -6.05. The van der Waals surface area contributed by atoms with E-state index in [2.05, 4.69) is 0 Å². The molecule has 0 saturated heterocycles. The lowest BCUT2D eigenvalue weighted by Gasteiger charge is -2.18. The van der Waals surface area contributed by atoms with Gasteiger partial charge >= 0.3 is 13.5 Å². The average molecular weight is 482 g/mol. The van der Waals surface area contributed by atoms with E-state index in [1.807, 2.05) is 0 Å². The van der Waals surface area contributed by atoms with Gasteiger partial charge in [-0.05, 0) is 66.2 Å². The van der Waals surface area contributed by atoms with E-state index in [0.717, 1.165) is 11.4 Å². The van der Waals surface area contributed by atoms with Gasteiger partial charge in [0.05, 0.1) is 10.8 Å². The maximum atomic E-state index is 12.7. The maximum Gasteiger partial charge on any atom is 0.439 e. The van der Waals surface area contributed by atoms with E-state index < -0.39 is 24.3 Å². The molecule has 2 aromatic rings. The molecular weight excluding hydrogens is 462 g/mol. The molecule has 0 fully saturated rings. The van der Waals surface area contributed by atoms with Crippen molar-refractivity contribution in [2.75, 3.05) is 27.6 Å². The van der Waals surface area contributed by atoms with E-state index >= 15 is 0 Å². The van der Waals surface area contributed by atoms with Crippen molar-refractivity contribution in [2.45, 2.75) is 9.79 Å². The number of hydrogen-bond acceptors (Lipinski definition) is 9. The van der Waals surface area contributed by atoms with Crippen molar-refractivity contribution >= 4 is 47.5 Å². The highest BCUT2D eigenvalue weighted by atomic mass is 32.7. The lowest BCUT2D eigenvalue weighted by molar-refractivity contribution is 0.273. The first-order chi connectivity index (χ1) is 13.3. The lowest BCUT2D eigenvalue weighted by atomic mass is 10.3. The number of benzene rings is 2. The summed E-state index contributed by atoms with van der Waals surface area (Å²) < 4.78 is 50.9. The first kappa shape index (κ1) is 23.6. The normalized spacial score (nSPS) is 14.9. The van der Waals surface area contributed by atoms with Gasteiger partial charge in [0.2, 0.25) is 0 Å². The summed E-state index contributed by atoms with van der Waals surface area (Å²) in [4.78, 5) is 1.15. The van der Waals surface area contributed by atoms with Gasteiger partial charge in [-0.25, -0.2) is 8.77 Å². The third-order valence-electron chi connectivity index (χ3n) is 3.40. The fourth-order valence-corrected chi connectivity index (χ4v) is 5.52. The summed E-state index contributed by atoms with van der Waals surface area (Å²) in [7, 11) is 2.76. The van der Waals surface area contributed by atoms with Crippen LogP contribution < -0.4 is 9.05 Å². The standard InChI is InChI=1S/C16H20O7P2S3/c1-19-24(17,27-4)22-13-5-9-15(10-6-13)28(18)16-11-7-14(8-12-16)23-25(26,20-2)21-3/h5-12H,1-4H3. The SMILES string of the molecule is COP(=O)(Oc1ccc(S(=O)c2ccc(OP(=S)(OC)OC)cc2)cc1)SC. The third-order valence-corrected chi connectivity index (χ3v) is 10.6. The van der Waals surface area contributed by atoms with Crippen molar-refractivity contribution in [3.05, 3.63) is 48.5 Å². The van der Waals surface area contributed by atoms with Crippen molar-refractivity contribution in [1.29, 1.82) is 0 Å². The molecule has 0 aliphatic rings. The fraction of sp³-hybridized carbons (Fsp3) is 0.250. The van der Waals surface area contributed by atoms with Crippen LogP contribution in [0.4, 0.5) is 0 Å². The topological polar surface area (TPSA) is 80.3 Å². The highest BCUT2D eigenvalue weighted by Crippen LogP contribution is 2.58. The summed E-state index contributed by atoms with van der Waals surface area (Å²) >= 11 is 6.16. The highest BCUT2D eigenvalue weighted by molar-refractivity contribution is 8.54. The van der Waals surface area contributed by atoms with Crippen LogP contribution in [0.1, 0.15) is 0 Å². The molecule has 0 spiro atoms. The Balaban J connectivity index is 2.11. The zero-order chi connectivity index (χ0) is 20.8. The largest absolute Gasteiger partial charge is 0.439 e. The molecule has 0 aromatic heterocycles. The maximum absolute atomic E-state index is 12.7. The van der Waals surface area contributed by atoms with Crippen LogP contribution in [0, 0.1) is 0 Å². The van der Waals surface area contributed by atoms with Crippen LogP contribution >= 0.6 is 24.9 Å². The minimum Gasteiger partial charge on any atom is -0.424 e. The van der Waals surface area contributed by atoms with Crippen molar-refractivity contribution in [1.82, 2.24) is 0 Å². The quantitative estimate of drug-likeness (QED) is 0.422. The van der Waals surface area contributed by atoms with Crippen molar-refractivity contribution in [3.8, 4) is 11.5 Å². The van der Waals surface area contributed by atoms with E-state index in [9.17, 15) is 8.77 Å². The van der Waals surface area contributed by atoms with Gasteiger partial charge in [-0.3, -0.25) is 4.52 Å². The van der Waals surface area contributed by atoms with Gasteiger partial charge in [-0.15, -0.1) is 0 Å². The molecule has 28 heavy (non-hydrogen) atoms. The molecule has 0 amide bonds. The van der Waals surface area contributed by atoms with Crippen LogP contribution in [0.25, 0.3) is 0 Å². The summed E-state index contributed by atoms with van der Waals surface area (Å²) in [5.74, 6) is 0.831. The Labute approximate surface area is 176 Å². The molecule has 0 aliphatic heterocycles. The highest BCUT2D eigenvalue weighted by Gasteiger charge is 2.23. The second-order valence-electron chi connectivity index (χ2n) is 5.02. The molecular formula is C16H20O7P2S3. The minimum atomic E-state index is -3.23. The van der Waals surface area contributed by atoms with Crippen molar-refractivity contribution in [3.63, 3.8) is 0 Å². The van der Waals surface area contributed by atoms with Crippen LogP contribution in [0.5, 0.6) is 11.5 Å². The van der Waals surface area contributed by atoms with Gasteiger partial charge in [0, 0.05) is 42.9 Å². The smallest absolute Gasteiger partial charge is 0.424 e. The molecule has 0 radical (unpaired) electrons. The number of rotatable bonds is 10. The van der Waals surface area contributed by atoms with Crippen LogP contribution in [-0.2, 0) is 40.7 Å². The second-order valence-corrected chi connectivity index (χ2v) is 13.9. The van der Waals surface area contributed by atoms with Gasteiger partial charge in [-0.1, -0.05) is 0 Å². The number of hydrogen-bond donors (Lipinski definition) is 0. The van der Waals surface area contributed by atoms with E-state index in [4.69, 9.17) is 34.4 Å². The van der Waals surface area contributed by atoms with Gasteiger partial charge in [-0.2, -0.15) is 0 Å². The molecule has 2 rings (SSSR count). The Morgan fingerprint density at radius 1 is 0.821 bits per heavy atom. The zero-order valence-electron chi connectivity index (χ0n) is 15.6. The first-order valence-electron chi connectivity index (χ1n) is 7.72. The van der Waals surface area contributed by atoms with E-state index in [1.54, 1.807) is 54.8 Å². The van der Waals surface area contributed by atoms with Gasteiger partial charge in [0.1, 0.15) is 11.5 Å². The molecule has 0 heterocycles. The van der Waals surface area contributed by atoms with Crippen molar-refractivity contribution in [2.24, 2.45) is 0 Å². The lowest BCUT2D eigenvalue weighted by Crippen LogP contribution is -1.98. The van der Waals surface area contributed by atoms with E-state index in [0.29, 0.717) is 21.3 Å². The molecule has 0 N–H and O–H groups in total. The molecule has 2 unspecified atom stereocenters. The van der Waals surface area contributed by atoms with Crippen LogP contribution in [0.2, 0.25) is 0 Å². The van der Waals surface area contributed by atoms with Crippen molar-refractivity contribution < 1.29 is 31.4 Å². The van der Waals surface area contributed by atoms with E-state index in [-0.39, 0.29) is 0 Å². The van der Waals surface area contributed by atoms with Crippen LogP contribution in [0.15, 0.2) is 58.3 Å². The second kappa shape index (κ2) is 10.4. The molecule has 0 saturated carbocycles. The Bertz CT molecular complexity index is 814. The molecule has 2 aromatic carbocycles. The van der Waals surface area contributed by atoms with Crippen LogP contribution in [-0.4, -0.2) is 31.8 Å². The van der Waals surface area contributed by atoms with E-state index in [1.165, 1.54) is 21.3 Å². The average Bonchev–Trinajstić information content (AvgIpc) is 2.74. The Hall–Kier alpha value is -0.700. The molecule has 7 nitrogen and oxygen atoms in total. The third kappa shape index (κ3) is 6.15. The van der Waals surface area contributed by atoms with Gasteiger partial charge < -0.3 is 18.1 Å². The minimum absolute atomic E-state index is 0.369. The molecule has 12 heteroatoms. The molecule has 0 aliphatic carbocycles. The summed E-state index contributed by atoms with van der Waals surface area (Å²) in [6, 6.07) is 13.1. The molecule has 154 valence electrons. The fourth-order valence-electron chi connectivity index (χ4n) is 1.94. The molecule has 2 atom stereocenters. The first-order valence-corrected chi connectivity index (χ1v) is 14.8. The Kier molecular flexibility index (Phi) is 8.73. The monoisotopic (exact) mass is 482 g/mol. The Morgan fingerprint density at radius 3 is 1.61 bits per heavy atom. The molecule has 0 bridgehead atoms. The van der Waals surface area contributed by atoms with Gasteiger partial charge in [0.15, 0.2) is 0 Å².